The van der Waals surface area contributed by atoms with Gasteiger partial charge in [0.05, 0.1) is 7.11 Å². The van der Waals surface area contributed by atoms with Crippen LogP contribution in [0.3, 0.4) is 0 Å². The van der Waals surface area contributed by atoms with Gasteiger partial charge in [0.25, 0.3) is 0 Å². The largest absolute Gasteiger partial charge is 0.468 e. The van der Waals surface area contributed by atoms with Crippen LogP contribution < -0.4 is 0 Å². The van der Waals surface area contributed by atoms with E-state index in [1.54, 1.807) is 13.0 Å². The third-order valence-electron chi connectivity index (χ3n) is 4.49. The van der Waals surface area contributed by atoms with Crippen LogP contribution >= 0.6 is 0 Å². The first-order valence-electron chi connectivity index (χ1n) is 7.55. The van der Waals surface area contributed by atoms with Crippen molar-refractivity contribution >= 4 is 11.8 Å². The van der Waals surface area contributed by atoms with E-state index in [1.807, 2.05) is 26.0 Å². The number of esters is 1. The maximum Gasteiger partial charge on any atom is 0.320 e. The van der Waals surface area contributed by atoms with Gasteiger partial charge in [-0.3, -0.25) is 9.59 Å². The number of carbonyl (C=O) groups is 2. The van der Waals surface area contributed by atoms with Crippen LogP contribution in [0.4, 0.5) is 0 Å². The molecular formula is C19H26O3. The predicted molar refractivity (Wildman–Crippen MR) is 89.3 cm³/mol. The van der Waals surface area contributed by atoms with Crippen molar-refractivity contribution < 1.29 is 14.3 Å². The maximum absolute atomic E-state index is 12.9. The van der Waals surface area contributed by atoms with Crippen LogP contribution in [0, 0.1) is 11.3 Å². The minimum atomic E-state index is -1.16. The van der Waals surface area contributed by atoms with Gasteiger partial charge < -0.3 is 4.74 Å². The van der Waals surface area contributed by atoms with Crippen molar-refractivity contribution in [3.8, 4) is 0 Å². The number of Topliss-reactive ketones (excluding diaryl/α,β-unsaturated/α-hetero) is 1. The highest BCUT2D eigenvalue weighted by atomic mass is 16.5. The first-order valence-corrected chi connectivity index (χ1v) is 7.55. The third kappa shape index (κ3) is 3.29. The van der Waals surface area contributed by atoms with Crippen LogP contribution in [0.5, 0.6) is 0 Å². The lowest BCUT2D eigenvalue weighted by atomic mass is 9.61. The lowest BCUT2D eigenvalue weighted by Crippen LogP contribution is -2.49. The van der Waals surface area contributed by atoms with Crippen molar-refractivity contribution in [1.29, 1.82) is 0 Å². The normalized spacial score (nSPS) is 25.5. The molecule has 0 saturated heterocycles. The van der Waals surface area contributed by atoms with Gasteiger partial charge >= 0.3 is 5.97 Å². The van der Waals surface area contributed by atoms with Gasteiger partial charge in [0.1, 0.15) is 5.41 Å². The van der Waals surface area contributed by atoms with E-state index in [0.717, 1.165) is 11.1 Å². The van der Waals surface area contributed by atoms with Crippen LogP contribution in [0.15, 0.2) is 48.1 Å². The molecule has 0 aromatic heterocycles. The molecule has 22 heavy (non-hydrogen) atoms. The predicted octanol–water partition coefficient (Wildman–Crippen LogP) is 4.17. The summed E-state index contributed by atoms with van der Waals surface area (Å²) in [7, 11) is 1.34. The van der Waals surface area contributed by atoms with Crippen molar-refractivity contribution in [3.63, 3.8) is 0 Å². The molecule has 0 aromatic carbocycles. The molecule has 1 aliphatic rings. The minimum Gasteiger partial charge on any atom is -0.468 e. The average molecular weight is 302 g/mol. The van der Waals surface area contributed by atoms with Crippen molar-refractivity contribution in [2.75, 3.05) is 7.11 Å². The monoisotopic (exact) mass is 302 g/mol. The van der Waals surface area contributed by atoms with Crippen molar-refractivity contribution in [3.05, 3.63) is 48.1 Å². The molecule has 0 spiro atoms. The topological polar surface area (TPSA) is 43.4 Å². The first kappa shape index (κ1) is 18.1. The summed E-state index contributed by atoms with van der Waals surface area (Å²) < 4.78 is 5.01. The number of allylic oxidation sites excluding steroid dienone is 6. The van der Waals surface area contributed by atoms with Gasteiger partial charge in [0.2, 0.25) is 0 Å². The zero-order chi connectivity index (χ0) is 16.9. The first-order chi connectivity index (χ1) is 10.3. The maximum atomic E-state index is 12.9. The van der Waals surface area contributed by atoms with E-state index >= 15 is 0 Å². The molecule has 0 heterocycles. The van der Waals surface area contributed by atoms with Crippen molar-refractivity contribution in [1.82, 2.24) is 0 Å². The quantitative estimate of drug-likeness (QED) is 0.320. The molecular weight excluding hydrogens is 276 g/mol. The molecule has 0 bridgehead atoms. The van der Waals surface area contributed by atoms with E-state index in [9.17, 15) is 9.59 Å². The molecule has 0 amide bonds. The Kier molecular flexibility index (Phi) is 6.10. The summed E-state index contributed by atoms with van der Waals surface area (Å²) in [6, 6.07) is 0. The van der Waals surface area contributed by atoms with E-state index in [4.69, 9.17) is 4.74 Å². The van der Waals surface area contributed by atoms with Crippen molar-refractivity contribution in [2.45, 2.75) is 40.0 Å². The second-order valence-corrected chi connectivity index (χ2v) is 6.00. The van der Waals surface area contributed by atoms with E-state index in [1.165, 1.54) is 7.11 Å². The van der Waals surface area contributed by atoms with E-state index in [2.05, 4.69) is 13.2 Å². The molecule has 0 radical (unpaired) electrons. The van der Waals surface area contributed by atoms with Crippen LogP contribution in [0.2, 0.25) is 0 Å². The highest BCUT2D eigenvalue weighted by Crippen LogP contribution is 2.46. The molecule has 3 nitrogen and oxygen atoms in total. The second-order valence-electron chi connectivity index (χ2n) is 6.00. The highest BCUT2D eigenvalue weighted by Gasteiger charge is 2.54. The number of hydrogen-bond acceptors (Lipinski definition) is 3. The fraction of sp³-hybridized carbons (Fsp3) is 0.474. The Hall–Kier alpha value is -1.90. The average Bonchev–Trinajstić information content (AvgIpc) is 2.49. The smallest absolute Gasteiger partial charge is 0.320 e. The fourth-order valence-corrected chi connectivity index (χ4v) is 3.14. The summed E-state index contributed by atoms with van der Waals surface area (Å²) in [5.74, 6) is -0.806. The Balaban J connectivity index is 3.30. The molecule has 0 N–H and O–H groups in total. The number of hydrogen-bond donors (Lipinski definition) is 0. The van der Waals surface area contributed by atoms with Gasteiger partial charge in [-0.25, -0.2) is 0 Å². The zero-order valence-electron chi connectivity index (χ0n) is 14.1. The van der Waals surface area contributed by atoms with Gasteiger partial charge in [-0.1, -0.05) is 42.5 Å². The fourth-order valence-electron chi connectivity index (χ4n) is 3.14. The molecule has 0 unspecified atom stereocenters. The molecule has 0 aliphatic heterocycles. The Bertz CT molecular complexity index is 551. The molecule has 0 fully saturated rings. The zero-order valence-corrected chi connectivity index (χ0v) is 14.1. The van der Waals surface area contributed by atoms with E-state index in [-0.39, 0.29) is 11.7 Å². The lowest BCUT2D eigenvalue weighted by Gasteiger charge is -2.40. The van der Waals surface area contributed by atoms with E-state index in [0.29, 0.717) is 24.8 Å². The van der Waals surface area contributed by atoms with Crippen LogP contribution in [0.1, 0.15) is 40.0 Å². The third-order valence-corrected chi connectivity index (χ3v) is 4.49. The van der Waals surface area contributed by atoms with Gasteiger partial charge in [-0.2, -0.15) is 0 Å². The summed E-state index contributed by atoms with van der Waals surface area (Å²) >= 11 is 0. The Labute approximate surface area is 133 Å². The second kappa shape index (κ2) is 7.39. The Morgan fingerprint density at radius 1 is 1.50 bits per heavy atom. The molecule has 0 saturated carbocycles. The van der Waals surface area contributed by atoms with Gasteiger partial charge in [-0.05, 0) is 45.6 Å². The van der Waals surface area contributed by atoms with Crippen LogP contribution in [-0.2, 0) is 14.3 Å². The van der Waals surface area contributed by atoms with Gasteiger partial charge in [0, 0.05) is 5.92 Å². The van der Waals surface area contributed by atoms with Crippen molar-refractivity contribution in [2.24, 2.45) is 11.3 Å². The lowest BCUT2D eigenvalue weighted by molar-refractivity contribution is -0.161. The number of methoxy groups -OCH3 is 1. The number of carbonyl (C=O) groups excluding carboxylic acids is 2. The van der Waals surface area contributed by atoms with Gasteiger partial charge in [-0.15, -0.1) is 0 Å². The number of ether oxygens (including phenoxy) is 1. The summed E-state index contributed by atoms with van der Waals surface area (Å²) in [5, 5.41) is 0. The molecule has 1 rings (SSSR count). The molecule has 0 aromatic rings. The Morgan fingerprint density at radius 2 is 2.14 bits per heavy atom. The highest BCUT2D eigenvalue weighted by molar-refractivity contribution is 6.13. The summed E-state index contributed by atoms with van der Waals surface area (Å²) in [6.45, 7) is 13.3. The minimum absolute atomic E-state index is 0.136. The molecule has 120 valence electrons. The number of rotatable bonds is 6. The molecule has 1 aliphatic carbocycles. The Morgan fingerprint density at radius 3 is 2.64 bits per heavy atom. The number of ketones is 1. The van der Waals surface area contributed by atoms with E-state index < -0.39 is 11.4 Å². The summed E-state index contributed by atoms with van der Waals surface area (Å²) in [6.07, 6.45) is 7.34. The molecule has 3 heteroatoms. The van der Waals surface area contributed by atoms with Crippen LogP contribution in [-0.4, -0.2) is 18.9 Å². The van der Waals surface area contributed by atoms with Gasteiger partial charge in [0.15, 0.2) is 5.78 Å². The SMILES string of the molecule is C=C/C(C)=C/CC[C@]1(C(=O)OC)C(=O)C(C)=CC[C@H]1C(=C)C. The standard InChI is InChI=1S/C19H26O3/c1-7-14(4)9-8-12-19(18(21)22-6)16(13(2)3)11-10-15(5)17(19)20/h7,9-10,16H,1-2,8,11-12H2,3-6H3/b14-9+/t16-,19+/m0/s1. The molecule has 2 atom stereocenters. The summed E-state index contributed by atoms with van der Waals surface area (Å²) in [5.41, 5.74) is 1.35. The summed E-state index contributed by atoms with van der Waals surface area (Å²) in [4.78, 5) is 25.4. The van der Waals surface area contributed by atoms with Crippen LogP contribution in [0.25, 0.3) is 0 Å².